The molecule has 3 aromatic heterocycles. The van der Waals surface area contributed by atoms with E-state index in [9.17, 15) is 0 Å². The number of rotatable bonds is 2. The van der Waals surface area contributed by atoms with Gasteiger partial charge >= 0.3 is 0 Å². The standard InChI is InChI=1S/C25H26N7/c1-2-5-22(6-3-1)15-25-24-8-4-7-23(26-24)16-27-9-10-28(17-27)18-29-11-12-30(19-29)20-31-13-14-32(25)21-31/h1-14,17,19,21,26H,15-16,18,20H2/q+3/b25-24-. The third-order valence-corrected chi connectivity index (χ3v) is 5.88. The fraction of sp³-hybridized carbons (Fsp3) is 0.160. The molecule has 0 unspecified atom stereocenters. The Labute approximate surface area is 186 Å². The Morgan fingerprint density at radius 2 is 1.62 bits per heavy atom. The number of hydrogen-bond acceptors (Lipinski definition) is 1. The van der Waals surface area contributed by atoms with E-state index in [2.05, 4.69) is 137 Å². The molecule has 0 fully saturated rings. The molecule has 0 spiro atoms. The zero-order valence-corrected chi connectivity index (χ0v) is 17.8. The molecule has 0 saturated carbocycles. The predicted molar refractivity (Wildman–Crippen MR) is 118 cm³/mol. The van der Waals surface area contributed by atoms with E-state index in [1.807, 2.05) is 0 Å². The largest absolute Gasteiger partial charge is 0.352 e. The van der Waals surface area contributed by atoms with Gasteiger partial charge in [-0.3, -0.25) is 0 Å². The third kappa shape index (κ3) is 3.80. The summed E-state index contributed by atoms with van der Waals surface area (Å²) in [5.41, 5.74) is 4.80. The van der Waals surface area contributed by atoms with Crippen LogP contribution in [0.4, 0.5) is 0 Å². The molecule has 0 saturated heterocycles. The predicted octanol–water partition coefficient (Wildman–Crippen LogP) is 1.43. The van der Waals surface area contributed by atoms with E-state index in [0.717, 1.165) is 32.0 Å². The average Bonchev–Trinajstić information content (AvgIpc) is 3.56. The second-order valence-electron chi connectivity index (χ2n) is 8.36. The Balaban J connectivity index is 1.44. The van der Waals surface area contributed by atoms with Crippen LogP contribution in [0.15, 0.2) is 116 Å². The van der Waals surface area contributed by atoms with Gasteiger partial charge in [0.15, 0.2) is 0 Å². The van der Waals surface area contributed by atoms with Crippen LogP contribution in [0.5, 0.6) is 0 Å². The SMILES string of the molecule is C1=C/C2=C(\Cc3ccccc3)n3cc[n+](c3)Cn3cc[n+](c3)C[n+]3ccn(c3)CC(=C1)N2. The number of allylic oxidation sites excluding steroid dienone is 5. The molecule has 0 aliphatic carbocycles. The van der Waals surface area contributed by atoms with Crippen molar-refractivity contribution in [2.24, 2.45) is 0 Å². The van der Waals surface area contributed by atoms with E-state index in [1.165, 1.54) is 17.0 Å². The number of nitrogens with zero attached hydrogens (tertiary/aromatic N) is 6. The van der Waals surface area contributed by atoms with Gasteiger partial charge in [-0.05, 0) is 17.7 Å². The van der Waals surface area contributed by atoms with E-state index < -0.39 is 0 Å². The highest BCUT2D eigenvalue weighted by molar-refractivity contribution is 5.58. The Bertz CT molecular complexity index is 1350. The minimum atomic E-state index is 0.758. The number of imidazole rings is 3. The molecule has 6 rings (SSSR count). The van der Waals surface area contributed by atoms with Crippen LogP contribution in [0.25, 0.3) is 5.70 Å². The minimum Gasteiger partial charge on any atom is -0.352 e. The molecule has 158 valence electrons. The highest BCUT2D eigenvalue weighted by Crippen LogP contribution is 2.20. The first-order valence-corrected chi connectivity index (χ1v) is 10.9. The molecule has 1 aromatic carbocycles. The van der Waals surface area contributed by atoms with Gasteiger partial charge in [0, 0.05) is 6.42 Å². The topological polar surface area (TPSA) is 38.5 Å². The number of aromatic nitrogens is 6. The van der Waals surface area contributed by atoms with Crippen molar-refractivity contribution in [3.63, 3.8) is 0 Å². The van der Waals surface area contributed by atoms with Crippen molar-refractivity contribution in [3.8, 4) is 0 Å². The fourth-order valence-electron chi connectivity index (χ4n) is 4.33. The summed E-state index contributed by atoms with van der Waals surface area (Å²) >= 11 is 0. The highest BCUT2D eigenvalue weighted by Gasteiger charge is 2.20. The fourth-order valence-corrected chi connectivity index (χ4v) is 4.33. The maximum absolute atomic E-state index is 3.69. The first-order chi connectivity index (χ1) is 15.8. The van der Waals surface area contributed by atoms with E-state index in [1.54, 1.807) is 0 Å². The Kier molecular flexibility index (Phi) is 4.57. The van der Waals surface area contributed by atoms with Gasteiger partial charge in [-0.1, -0.05) is 36.4 Å². The number of nitrogens with one attached hydrogen (secondary N) is 1. The van der Waals surface area contributed by atoms with Crippen LogP contribution in [-0.4, -0.2) is 13.7 Å². The van der Waals surface area contributed by atoms with Gasteiger partial charge in [0.2, 0.25) is 26.0 Å². The van der Waals surface area contributed by atoms with Gasteiger partial charge in [0.05, 0.1) is 11.4 Å². The first kappa shape index (κ1) is 18.6. The number of benzene rings is 1. The van der Waals surface area contributed by atoms with Crippen LogP contribution in [-0.2, 0) is 26.3 Å². The zero-order chi connectivity index (χ0) is 21.3. The normalized spacial score (nSPS) is 17.7. The van der Waals surface area contributed by atoms with E-state index >= 15 is 0 Å². The molecule has 1 N–H and O–H groups in total. The van der Waals surface area contributed by atoms with Crippen molar-refractivity contribution in [1.29, 1.82) is 0 Å². The Hall–Kier alpha value is -4.13. The lowest BCUT2D eigenvalue weighted by Crippen LogP contribution is -2.49. The molecule has 0 amide bonds. The van der Waals surface area contributed by atoms with Gasteiger partial charge < -0.3 is 5.32 Å². The smallest absolute Gasteiger partial charge is 0.252 e. The molecule has 7 nitrogen and oxygen atoms in total. The van der Waals surface area contributed by atoms with E-state index in [-0.39, 0.29) is 0 Å². The summed E-state index contributed by atoms with van der Waals surface area (Å²) < 4.78 is 13.2. The lowest BCUT2D eigenvalue weighted by molar-refractivity contribution is -0.913. The van der Waals surface area contributed by atoms with Crippen LogP contribution in [0.1, 0.15) is 5.56 Å². The van der Waals surface area contributed by atoms with Crippen molar-refractivity contribution in [2.45, 2.75) is 26.3 Å². The van der Waals surface area contributed by atoms with Crippen LogP contribution < -0.4 is 19.0 Å². The molecule has 2 aliphatic rings. The minimum absolute atomic E-state index is 0.758. The quantitative estimate of drug-likeness (QED) is 0.486. The Morgan fingerprint density at radius 1 is 0.844 bits per heavy atom. The van der Waals surface area contributed by atoms with Gasteiger partial charge in [-0.15, -0.1) is 0 Å². The lowest BCUT2D eigenvalue weighted by Gasteiger charge is -2.17. The first-order valence-electron chi connectivity index (χ1n) is 10.9. The second-order valence-corrected chi connectivity index (χ2v) is 8.36. The zero-order valence-electron chi connectivity index (χ0n) is 17.8. The van der Waals surface area contributed by atoms with Crippen LogP contribution in [0.2, 0.25) is 0 Å². The van der Waals surface area contributed by atoms with Crippen molar-refractivity contribution >= 4 is 5.70 Å². The van der Waals surface area contributed by atoms with E-state index in [0.29, 0.717) is 0 Å². The molecule has 8 bridgehead atoms. The summed E-state index contributed by atoms with van der Waals surface area (Å²) in [5.74, 6) is 0. The van der Waals surface area contributed by atoms with Crippen LogP contribution >= 0.6 is 0 Å². The number of hydrogen-bond donors (Lipinski definition) is 1. The molecule has 2 aliphatic heterocycles. The molecule has 32 heavy (non-hydrogen) atoms. The molecule has 0 atom stereocenters. The van der Waals surface area contributed by atoms with Crippen molar-refractivity contribution in [1.82, 2.24) is 19.0 Å². The molecule has 5 heterocycles. The summed E-state index contributed by atoms with van der Waals surface area (Å²) in [6, 6.07) is 10.6. The van der Waals surface area contributed by atoms with E-state index in [4.69, 9.17) is 0 Å². The highest BCUT2D eigenvalue weighted by atomic mass is 15.3. The van der Waals surface area contributed by atoms with Crippen LogP contribution in [0, 0.1) is 0 Å². The summed E-state index contributed by atoms with van der Waals surface area (Å²) in [7, 11) is 0. The average molecular weight is 425 g/mol. The molecule has 7 heteroatoms. The summed E-state index contributed by atoms with van der Waals surface area (Å²) in [5, 5.41) is 3.69. The van der Waals surface area contributed by atoms with Gasteiger partial charge in [-0.2, -0.15) is 18.3 Å². The van der Waals surface area contributed by atoms with Crippen molar-refractivity contribution < 1.29 is 13.7 Å². The summed E-state index contributed by atoms with van der Waals surface area (Å²) in [6.07, 6.45) is 26.5. The summed E-state index contributed by atoms with van der Waals surface area (Å²) in [4.78, 5) is 0. The lowest BCUT2D eigenvalue weighted by atomic mass is 10.1. The molecular weight excluding hydrogens is 398 g/mol. The van der Waals surface area contributed by atoms with Gasteiger partial charge in [-0.25, -0.2) is 9.13 Å². The monoisotopic (exact) mass is 424 g/mol. The van der Waals surface area contributed by atoms with Gasteiger partial charge in [0.25, 0.3) is 6.33 Å². The van der Waals surface area contributed by atoms with Gasteiger partial charge in [0.1, 0.15) is 49.4 Å². The second kappa shape index (κ2) is 7.85. The number of fused-ring (bicyclic) bond motifs is 8. The van der Waals surface area contributed by atoms with Crippen LogP contribution in [0.3, 0.4) is 0 Å². The van der Waals surface area contributed by atoms with Crippen molar-refractivity contribution in [3.05, 3.63) is 122 Å². The third-order valence-electron chi connectivity index (χ3n) is 5.88. The summed E-state index contributed by atoms with van der Waals surface area (Å²) in [6.45, 7) is 2.33. The molecular formula is C25H26N7+3. The number of dihydropyridines is 1. The maximum atomic E-state index is 3.69. The molecule has 4 aromatic rings. The Morgan fingerprint density at radius 3 is 2.50 bits per heavy atom. The van der Waals surface area contributed by atoms with Crippen molar-refractivity contribution in [2.75, 3.05) is 0 Å². The maximum Gasteiger partial charge on any atom is 0.252 e. The molecule has 0 radical (unpaired) electrons.